The van der Waals surface area contributed by atoms with Crippen LogP contribution in [0.3, 0.4) is 0 Å². The Morgan fingerprint density at radius 2 is 2.18 bits per heavy atom. The first-order valence-electron chi connectivity index (χ1n) is 2.90. The molecule has 1 aliphatic rings. The van der Waals surface area contributed by atoms with Crippen LogP contribution in [0, 0.1) is 0 Å². The van der Waals surface area contributed by atoms with Crippen LogP contribution in [0.15, 0.2) is 5.10 Å². The van der Waals surface area contributed by atoms with E-state index in [0.29, 0.717) is 5.01 Å². The molecule has 0 fully saturated rings. The van der Waals surface area contributed by atoms with Crippen molar-refractivity contribution in [3.63, 3.8) is 0 Å². The first-order valence-corrected chi connectivity index (χ1v) is 2.90. The number of carboxylic acids is 1. The topological polar surface area (TPSA) is 90.2 Å². The van der Waals surface area contributed by atoms with Crippen molar-refractivity contribution in [2.24, 2.45) is 5.10 Å². The van der Waals surface area contributed by atoms with Gasteiger partial charge in [0.15, 0.2) is 6.04 Å². The number of hydrazone groups is 1. The van der Waals surface area contributed by atoms with Crippen LogP contribution in [0.5, 0.6) is 0 Å². The predicted octanol–water partition coefficient (Wildman–Crippen LogP) is -0.191. The van der Waals surface area contributed by atoms with E-state index in [1.54, 1.807) is 0 Å². The van der Waals surface area contributed by atoms with Crippen LogP contribution >= 0.6 is 0 Å². The Kier molecular flexibility index (Phi) is 1.75. The van der Waals surface area contributed by atoms with Crippen molar-refractivity contribution in [2.45, 2.75) is 12.5 Å². The van der Waals surface area contributed by atoms with Crippen molar-refractivity contribution < 1.29 is 19.8 Å². The van der Waals surface area contributed by atoms with Crippen LogP contribution in [0.25, 0.3) is 0 Å². The predicted molar refractivity (Wildman–Crippen MR) is 34.4 cm³/mol. The van der Waals surface area contributed by atoms with Gasteiger partial charge in [-0.15, -0.1) is 0 Å². The van der Waals surface area contributed by atoms with E-state index in [9.17, 15) is 9.59 Å². The highest BCUT2D eigenvalue weighted by atomic mass is 16.4. The van der Waals surface area contributed by atoms with Gasteiger partial charge in [-0.25, -0.2) is 9.59 Å². The van der Waals surface area contributed by atoms with Gasteiger partial charge in [-0.3, -0.25) is 0 Å². The monoisotopic (exact) mass is 158 g/mol. The molecule has 0 bridgehead atoms. The van der Waals surface area contributed by atoms with Crippen LogP contribution in [0.2, 0.25) is 0 Å². The van der Waals surface area contributed by atoms with Gasteiger partial charge in [0.05, 0.1) is 0 Å². The molecule has 0 aromatic heterocycles. The zero-order valence-electron chi connectivity index (χ0n) is 5.47. The fourth-order valence-electron chi connectivity index (χ4n) is 0.803. The number of rotatable bonds is 1. The van der Waals surface area contributed by atoms with Gasteiger partial charge < -0.3 is 10.2 Å². The van der Waals surface area contributed by atoms with Crippen molar-refractivity contribution in [1.82, 2.24) is 5.01 Å². The minimum absolute atomic E-state index is 0.141. The number of hydrogen-bond donors (Lipinski definition) is 2. The van der Waals surface area contributed by atoms with Crippen LogP contribution in [0.1, 0.15) is 6.42 Å². The van der Waals surface area contributed by atoms with E-state index in [1.165, 1.54) is 6.21 Å². The number of hydrogen-bond acceptors (Lipinski definition) is 3. The Hall–Kier alpha value is -1.59. The number of carboxylic acid groups (broad SMARTS) is 2. The summed E-state index contributed by atoms with van der Waals surface area (Å²) >= 11 is 0. The summed E-state index contributed by atoms with van der Waals surface area (Å²) in [5.41, 5.74) is 0. The average molecular weight is 158 g/mol. The van der Waals surface area contributed by atoms with Crippen LogP contribution in [-0.4, -0.2) is 39.5 Å². The summed E-state index contributed by atoms with van der Waals surface area (Å²) in [5, 5.41) is 20.7. The SMILES string of the molecule is O=C(O)[C@@H]1CC=NN1C(=O)O. The average Bonchev–Trinajstić information content (AvgIpc) is 2.32. The zero-order valence-corrected chi connectivity index (χ0v) is 5.47. The van der Waals surface area contributed by atoms with Crippen molar-refractivity contribution >= 4 is 18.3 Å². The molecule has 1 aliphatic heterocycles. The molecule has 0 saturated heterocycles. The lowest BCUT2D eigenvalue weighted by atomic mass is 10.2. The highest BCUT2D eigenvalue weighted by molar-refractivity contribution is 5.85. The fraction of sp³-hybridized carbons (Fsp3) is 0.400. The van der Waals surface area contributed by atoms with Gasteiger partial charge in [0, 0.05) is 12.6 Å². The number of aliphatic carboxylic acids is 1. The first-order chi connectivity index (χ1) is 5.13. The highest BCUT2D eigenvalue weighted by Gasteiger charge is 2.32. The maximum atomic E-state index is 10.3. The Labute approximate surface area is 61.7 Å². The van der Waals surface area contributed by atoms with E-state index in [4.69, 9.17) is 10.2 Å². The van der Waals surface area contributed by atoms with Crippen molar-refractivity contribution in [3.05, 3.63) is 0 Å². The van der Waals surface area contributed by atoms with E-state index in [2.05, 4.69) is 5.10 Å². The lowest BCUT2D eigenvalue weighted by Gasteiger charge is -2.13. The molecule has 6 heteroatoms. The molecule has 0 unspecified atom stereocenters. The van der Waals surface area contributed by atoms with Crippen molar-refractivity contribution in [1.29, 1.82) is 0 Å². The molecule has 0 radical (unpaired) electrons. The van der Waals surface area contributed by atoms with Crippen LogP contribution in [-0.2, 0) is 4.79 Å². The number of amides is 1. The van der Waals surface area contributed by atoms with Gasteiger partial charge in [-0.1, -0.05) is 0 Å². The third-order valence-electron chi connectivity index (χ3n) is 1.31. The van der Waals surface area contributed by atoms with E-state index in [-0.39, 0.29) is 6.42 Å². The summed E-state index contributed by atoms with van der Waals surface area (Å²) in [4.78, 5) is 20.6. The van der Waals surface area contributed by atoms with Gasteiger partial charge in [-0.2, -0.15) is 10.1 Å². The molecule has 0 aromatic carbocycles. The lowest BCUT2D eigenvalue weighted by molar-refractivity contribution is -0.141. The van der Waals surface area contributed by atoms with Crippen molar-refractivity contribution in [2.75, 3.05) is 0 Å². The zero-order chi connectivity index (χ0) is 8.43. The molecule has 1 heterocycles. The first kappa shape index (κ1) is 7.52. The highest BCUT2D eigenvalue weighted by Crippen LogP contribution is 2.10. The number of carbonyl (C=O) groups is 2. The molecule has 6 nitrogen and oxygen atoms in total. The summed E-state index contributed by atoms with van der Waals surface area (Å²) in [7, 11) is 0. The third-order valence-corrected chi connectivity index (χ3v) is 1.31. The van der Waals surface area contributed by atoms with Crippen LogP contribution < -0.4 is 0 Å². The maximum Gasteiger partial charge on any atom is 0.428 e. The Morgan fingerprint density at radius 1 is 1.55 bits per heavy atom. The summed E-state index contributed by atoms with van der Waals surface area (Å²) < 4.78 is 0. The molecular formula is C5H6N2O4. The number of nitrogens with zero attached hydrogens (tertiary/aromatic N) is 2. The minimum atomic E-state index is -1.34. The molecule has 0 aliphatic carbocycles. The van der Waals surface area contributed by atoms with E-state index in [1.807, 2.05) is 0 Å². The largest absolute Gasteiger partial charge is 0.480 e. The van der Waals surface area contributed by atoms with Gasteiger partial charge in [-0.05, 0) is 0 Å². The summed E-state index contributed by atoms with van der Waals surface area (Å²) in [5.74, 6) is -1.18. The van der Waals surface area contributed by atoms with E-state index in [0.717, 1.165) is 0 Å². The van der Waals surface area contributed by atoms with Crippen molar-refractivity contribution in [3.8, 4) is 0 Å². The minimum Gasteiger partial charge on any atom is -0.480 e. The van der Waals surface area contributed by atoms with Crippen LogP contribution in [0.4, 0.5) is 4.79 Å². The second-order valence-electron chi connectivity index (χ2n) is 2.01. The van der Waals surface area contributed by atoms with Gasteiger partial charge >= 0.3 is 12.1 Å². The summed E-state index contributed by atoms with van der Waals surface area (Å²) in [6, 6.07) is -1.05. The van der Waals surface area contributed by atoms with Gasteiger partial charge in [0.1, 0.15) is 0 Å². The molecule has 0 aromatic rings. The molecular weight excluding hydrogens is 152 g/mol. The molecule has 60 valence electrons. The summed E-state index contributed by atoms with van der Waals surface area (Å²) in [6.07, 6.45) is 0.0697. The van der Waals surface area contributed by atoms with Gasteiger partial charge in [0.2, 0.25) is 0 Å². The van der Waals surface area contributed by atoms with Gasteiger partial charge in [0.25, 0.3) is 0 Å². The quantitative estimate of drug-likeness (QED) is 0.553. The molecule has 0 spiro atoms. The normalized spacial score (nSPS) is 22.2. The van der Waals surface area contributed by atoms with E-state index < -0.39 is 18.1 Å². The Balaban J connectivity index is 2.71. The molecule has 11 heavy (non-hydrogen) atoms. The molecule has 1 rings (SSSR count). The van der Waals surface area contributed by atoms with E-state index >= 15 is 0 Å². The second-order valence-corrected chi connectivity index (χ2v) is 2.01. The summed E-state index contributed by atoms with van der Waals surface area (Å²) in [6.45, 7) is 0. The fourth-order valence-corrected chi connectivity index (χ4v) is 0.803. The molecule has 2 N–H and O–H groups in total. The maximum absolute atomic E-state index is 10.3. The second kappa shape index (κ2) is 2.57. The Bertz CT molecular complexity index is 225. The Morgan fingerprint density at radius 3 is 2.55 bits per heavy atom. The standard InChI is InChI=1S/C5H6N2O4/c8-4(9)3-1-2-6-7(3)5(10)11/h2-3H,1H2,(H,8,9)(H,10,11)/t3-/m0/s1. The molecule has 1 amide bonds. The lowest BCUT2D eigenvalue weighted by Crippen LogP contribution is -2.37. The third kappa shape index (κ3) is 1.28. The smallest absolute Gasteiger partial charge is 0.428 e. The molecule has 1 atom stereocenters. The molecule has 0 saturated carbocycles.